The summed E-state index contributed by atoms with van der Waals surface area (Å²) in [6, 6.07) is 0. The lowest BCUT2D eigenvalue weighted by Crippen LogP contribution is -2.59. The van der Waals surface area contributed by atoms with E-state index in [1.54, 1.807) is 11.8 Å². The van der Waals surface area contributed by atoms with Crippen molar-refractivity contribution in [2.75, 3.05) is 32.6 Å². The Balaban J connectivity index is 2.20. The molecule has 1 atom stereocenters. The van der Waals surface area contributed by atoms with Gasteiger partial charge in [0.2, 0.25) is 0 Å². The Kier molecular flexibility index (Phi) is 4.54. The Morgan fingerprint density at radius 3 is 2.53 bits per heavy atom. The van der Waals surface area contributed by atoms with E-state index in [2.05, 4.69) is 17.1 Å². The number of Topliss-reactive ketones (excluding diaryl/α,β-unsaturated/α-hetero) is 1. The Morgan fingerprint density at radius 2 is 2.00 bits per heavy atom. The molecule has 1 unspecified atom stereocenters. The number of hydrogen-bond acceptors (Lipinski definition) is 4. The molecule has 0 radical (unpaired) electrons. The largest absolute Gasteiger partial charge is 0.379 e. The van der Waals surface area contributed by atoms with Crippen LogP contribution in [0, 0.1) is 0 Å². The van der Waals surface area contributed by atoms with Crippen molar-refractivity contribution in [2.24, 2.45) is 0 Å². The molecule has 1 fully saturated rings. The number of morpholine rings is 1. The average Bonchev–Trinajstić information content (AvgIpc) is 2.48. The van der Waals surface area contributed by atoms with Crippen molar-refractivity contribution in [1.82, 2.24) is 4.90 Å². The predicted molar refractivity (Wildman–Crippen MR) is 80.6 cm³/mol. The molecule has 0 aromatic rings. The van der Waals surface area contributed by atoms with Crippen LogP contribution in [0.4, 0.5) is 0 Å². The van der Waals surface area contributed by atoms with Crippen LogP contribution in [0.3, 0.4) is 0 Å². The van der Waals surface area contributed by atoms with Crippen molar-refractivity contribution >= 4 is 17.5 Å². The molecular weight excluding hydrogens is 258 g/mol. The summed E-state index contributed by atoms with van der Waals surface area (Å²) in [5.41, 5.74) is -0.442. The summed E-state index contributed by atoms with van der Waals surface area (Å²) >= 11 is 1.65. The van der Waals surface area contributed by atoms with Gasteiger partial charge in [0.25, 0.3) is 0 Å². The first-order chi connectivity index (χ1) is 9.03. The van der Waals surface area contributed by atoms with E-state index in [1.807, 2.05) is 32.3 Å². The summed E-state index contributed by atoms with van der Waals surface area (Å²) < 4.78 is 4.98. The first-order valence-corrected chi connectivity index (χ1v) is 8.03. The van der Waals surface area contributed by atoms with E-state index in [0.717, 1.165) is 32.7 Å². The van der Waals surface area contributed by atoms with Gasteiger partial charge in [-0.3, -0.25) is 9.69 Å². The number of allylic oxidation sites excluding steroid dienone is 3. The van der Waals surface area contributed by atoms with Crippen LogP contribution in [0.25, 0.3) is 0 Å². The van der Waals surface area contributed by atoms with Crippen molar-refractivity contribution in [3.8, 4) is 0 Å². The Hall–Kier alpha value is -0.580. The molecule has 1 saturated heterocycles. The fourth-order valence-corrected chi connectivity index (χ4v) is 3.71. The molecule has 0 amide bonds. The third-order valence-electron chi connectivity index (χ3n) is 4.14. The van der Waals surface area contributed by atoms with Gasteiger partial charge in [-0.2, -0.15) is 0 Å². The van der Waals surface area contributed by atoms with Crippen molar-refractivity contribution < 1.29 is 9.53 Å². The summed E-state index contributed by atoms with van der Waals surface area (Å²) in [4.78, 5) is 15.3. The zero-order chi connectivity index (χ0) is 13.9. The minimum absolute atomic E-state index is 0.301. The maximum absolute atomic E-state index is 13.1. The minimum Gasteiger partial charge on any atom is -0.379 e. The molecule has 1 heterocycles. The zero-order valence-electron chi connectivity index (χ0n) is 12.0. The highest BCUT2D eigenvalue weighted by Crippen LogP contribution is 2.37. The lowest BCUT2D eigenvalue weighted by molar-refractivity contribution is -0.133. The van der Waals surface area contributed by atoms with Crippen LogP contribution in [0.2, 0.25) is 0 Å². The first kappa shape index (κ1) is 14.8. The molecule has 1 aliphatic heterocycles. The molecule has 2 rings (SSSR count). The van der Waals surface area contributed by atoms with Gasteiger partial charge >= 0.3 is 0 Å². The average molecular weight is 281 g/mol. The number of carbonyl (C=O) groups excluding carboxylic acids is 1. The smallest absolute Gasteiger partial charge is 0.172 e. The Bertz CT molecular complexity index is 397. The van der Waals surface area contributed by atoms with Crippen LogP contribution in [-0.4, -0.2) is 53.5 Å². The Labute approximate surface area is 120 Å². The molecule has 1 aliphatic carbocycles. The van der Waals surface area contributed by atoms with Crippen LogP contribution in [-0.2, 0) is 9.53 Å². The van der Waals surface area contributed by atoms with Gasteiger partial charge < -0.3 is 4.74 Å². The van der Waals surface area contributed by atoms with Gasteiger partial charge in [-0.05, 0) is 26.5 Å². The van der Waals surface area contributed by atoms with Crippen LogP contribution >= 0.6 is 11.8 Å². The molecule has 4 heteroatoms. The number of thioether (sulfide) groups is 1. The summed E-state index contributed by atoms with van der Waals surface area (Å²) in [6.07, 6.45) is 11.0. The Morgan fingerprint density at radius 1 is 1.32 bits per heavy atom. The van der Waals surface area contributed by atoms with Gasteiger partial charge in [0.15, 0.2) is 5.78 Å². The summed E-state index contributed by atoms with van der Waals surface area (Å²) in [6.45, 7) is 7.21. The molecule has 0 aromatic heterocycles. The van der Waals surface area contributed by atoms with E-state index in [1.165, 1.54) is 0 Å². The van der Waals surface area contributed by atoms with E-state index in [0.29, 0.717) is 5.78 Å². The molecular formula is C15H23NO2S. The quantitative estimate of drug-likeness (QED) is 0.791. The fourth-order valence-electron chi connectivity index (χ4n) is 2.80. The number of carbonyl (C=O) groups is 1. The third kappa shape index (κ3) is 2.81. The fraction of sp³-hybridized carbons (Fsp3) is 0.667. The summed E-state index contributed by atoms with van der Waals surface area (Å²) in [5.74, 6) is 0.301. The van der Waals surface area contributed by atoms with Gasteiger partial charge in [-0.15, -0.1) is 11.8 Å². The van der Waals surface area contributed by atoms with Crippen LogP contribution in [0.15, 0.2) is 24.3 Å². The van der Waals surface area contributed by atoms with Crippen molar-refractivity contribution in [3.05, 3.63) is 24.3 Å². The normalized spacial score (nSPS) is 28.6. The van der Waals surface area contributed by atoms with Gasteiger partial charge in [-0.1, -0.05) is 24.3 Å². The van der Waals surface area contributed by atoms with Gasteiger partial charge in [-0.25, -0.2) is 0 Å². The van der Waals surface area contributed by atoms with E-state index < -0.39 is 10.3 Å². The molecule has 0 N–H and O–H groups in total. The SMILES string of the molecule is CSC1(C(=O)C(C)(C)N2CCOCC2)C=CC=CC1. The van der Waals surface area contributed by atoms with Gasteiger partial charge in [0.05, 0.1) is 23.5 Å². The third-order valence-corrected chi connectivity index (χ3v) is 5.36. The van der Waals surface area contributed by atoms with E-state index >= 15 is 0 Å². The summed E-state index contributed by atoms with van der Waals surface area (Å²) in [5, 5.41) is 0. The number of rotatable bonds is 4. The number of ether oxygens (including phenoxy) is 1. The molecule has 0 spiro atoms. The van der Waals surface area contributed by atoms with E-state index in [4.69, 9.17) is 4.74 Å². The number of nitrogens with zero attached hydrogens (tertiary/aromatic N) is 1. The number of hydrogen-bond donors (Lipinski definition) is 0. The molecule has 3 nitrogen and oxygen atoms in total. The lowest BCUT2D eigenvalue weighted by atomic mass is 9.83. The monoisotopic (exact) mass is 281 g/mol. The standard InChI is InChI=1S/C15H23NO2S/c1-14(2,16-9-11-18-12-10-16)13(17)15(19-3)7-5-4-6-8-15/h4-7H,8-12H2,1-3H3. The predicted octanol–water partition coefficient (Wildman–Crippen LogP) is 2.28. The highest BCUT2D eigenvalue weighted by Gasteiger charge is 2.46. The second kappa shape index (κ2) is 5.81. The molecule has 2 aliphatic rings. The zero-order valence-corrected chi connectivity index (χ0v) is 12.8. The maximum Gasteiger partial charge on any atom is 0.172 e. The summed E-state index contributed by atoms with van der Waals surface area (Å²) in [7, 11) is 0. The van der Waals surface area contributed by atoms with E-state index in [9.17, 15) is 4.79 Å². The van der Waals surface area contributed by atoms with Gasteiger partial charge in [0.1, 0.15) is 0 Å². The van der Waals surface area contributed by atoms with Crippen molar-refractivity contribution in [3.63, 3.8) is 0 Å². The lowest BCUT2D eigenvalue weighted by Gasteiger charge is -2.44. The second-order valence-corrected chi connectivity index (χ2v) is 6.71. The topological polar surface area (TPSA) is 29.5 Å². The molecule has 0 saturated carbocycles. The minimum atomic E-state index is -0.442. The van der Waals surface area contributed by atoms with Crippen LogP contribution < -0.4 is 0 Å². The van der Waals surface area contributed by atoms with Crippen LogP contribution in [0.5, 0.6) is 0 Å². The first-order valence-electron chi connectivity index (χ1n) is 6.80. The molecule has 0 bridgehead atoms. The molecule has 0 aromatic carbocycles. The number of ketones is 1. The maximum atomic E-state index is 13.1. The van der Waals surface area contributed by atoms with Crippen LogP contribution in [0.1, 0.15) is 20.3 Å². The molecule has 106 valence electrons. The highest BCUT2D eigenvalue weighted by atomic mass is 32.2. The highest BCUT2D eigenvalue weighted by molar-refractivity contribution is 8.00. The van der Waals surface area contributed by atoms with Crippen molar-refractivity contribution in [2.45, 2.75) is 30.6 Å². The second-order valence-electron chi connectivity index (χ2n) is 5.57. The molecule has 19 heavy (non-hydrogen) atoms. The van der Waals surface area contributed by atoms with Crippen molar-refractivity contribution in [1.29, 1.82) is 0 Å². The van der Waals surface area contributed by atoms with Gasteiger partial charge in [0, 0.05) is 13.1 Å². The van der Waals surface area contributed by atoms with E-state index in [-0.39, 0.29) is 0 Å².